The Hall–Kier alpha value is -2.43. The molecule has 1 aromatic carbocycles. The highest BCUT2D eigenvalue weighted by Gasteiger charge is 2.14. The summed E-state index contributed by atoms with van der Waals surface area (Å²) >= 11 is 0. The lowest BCUT2D eigenvalue weighted by Crippen LogP contribution is -2.27. The maximum Gasteiger partial charge on any atom is 0.274 e. The first-order chi connectivity index (χ1) is 9.06. The van der Waals surface area contributed by atoms with Crippen molar-refractivity contribution >= 4 is 11.7 Å². The van der Waals surface area contributed by atoms with Crippen molar-refractivity contribution in [1.82, 2.24) is 14.9 Å². The largest absolute Gasteiger partial charge is 0.382 e. The molecule has 2 aromatic rings. The lowest BCUT2D eigenvalue weighted by molar-refractivity contribution is 0.0779. The van der Waals surface area contributed by atoms with Gasteiger partial charge in [0.15, 0.2) is 0 Å². The number of aryl methyl sites for hydroxylation is 1. The van der Waals surface area contributed by atoms with E-state index in [9.17, 15) is 4.79 Å². The summed E-state index contributed by atoms with van der Waals surface area (Å²) in [4.78, 5) is 21.6. The van der Waals surface area contributed by atoms with Crippen molar-refractivity contribution in [3.63, 3.8) is 0 Å². The van der Waals surface area contributed by atoms with Gasteiger partial charge in [0, 0.05) is 13.6 Å². The van der Waals surface area contributed by atoms with Crippen LogP contribution in [0.25, 0.3) is 0 Å². The van der Waals surface area contributed by atoms with Crippen molar-refractivity contribution in [3.8, 4) is 0 Å². The van der Waals surface area contributed by atoms with E-state index < -0.39 is 0 Å². The van der Waals surface area contributed by atoms with Crippen LogP contribution >= 0.6 is 0 Å². The quantitative estimate of drug-likeness (QED) is 0.906. The number of benzene rings is 1. The minimum Gasteiger partial charge on any atom is -0.382 e. The Morgan fingerprint density at radius 1 is 1.37 bits per heavy atom. The predicted octanol–water partition coefficient (Wildman–Crippen LogP) is 1.64. The number of nitrogens with zero attached hydrogens (tertiary/aromatic N) is 3. The number of carbonyl (C=O) groups excluding carboxylic acids is 1. The van der Waals surface area contributed by atoms with Gasteiger partial charge in [0.1, 0.15) is 11.5 Å². The summed E-state index contributed by atoms with van der Waals surface area (Å²) in [6, 6.07) is 8.04. The predicted molar refractivity (Wildman–Crippen MR) is 73.4 cm³/mol. The summed E-state index contributed by atoms with van der Waals surface area (Å²) in [7, 11) is 1.73. The zero-order valence-electron chi connectivity index (χ0n) is 11.0. The highest BCUT2D eigenvalue weighted by atomic mass is 16.2. The smallest absolute Gasteiger partial charge is 0.274 e. The lowest BCUT2D eigenvalue weighted by Gasteiger charge is -2.17. The number of hydrogen-bond acceptors (Lipinski definition) is 4. The van der Waals surface area contributed by atoms with E-state index in [2.05, 4.69) is 16.0 Å². The number of hydrogen-bond donors (Lipinski definition) is 1. The van der Waals surface area contributed by atoms with E-state index in [1.165, 1.54) is 18.0 Å². The van der Waals surface area contributed by atoms with Crippen molar-refractivity contribution in [2.75, 3.05) is 12.8 Å². The normalized spacial score (nSPS) is 10.2. The van der Waals surface area contributed by atoms with Gasteiger partial charge in [-0.2, -0.15) is 0 Å². The molecule has 98 valence electrons. The minimum atomic E-state index is -0.193. The van der Waals surface area contributed by atoms with Gasteiger partial charge in [0.25, 0.3) is 5.91 Å². The Labute approximate surface area is 112 Å². The molecule has 0 saturated heterocycles. The van der Waals surface area contributed by atoms with Crippen LogP contribution in [-0.4, -0.2) is 27.8 Å². The Balaban J connectivity index is 2.12. The first-order valence-corrected chi connectivity index (χ1v) is 5.95. The van der Waals surface area contributed by atoms with Gasteiger partial charge in [-0.15, -0.1) is 0 Å². The van der Waals surface area contributed by atoms with Crippen LogP contribution in [0.4, 0.5) is 5.82 Å². The van der Waals surface area contributed by atoms with Gasteiger partial charge in [-0.05, 0) is 12.5 Å². The second-order valence-corrected chi connectivity index (χ2v) is 4.48. The topological polar surface area (TPSA) is 72.1 Å². The number of rotatable bonds is 3. The monoisotopic (exact) mass is 256 g/mol. The summed E-state index contributed by atoms with van der Waals surface area (Å²) in [5, 5.41) is 0. The lowest BCUT2D eigenvalue weighted by atomic mass is 10.1. The van der Waals surface area contributed by atoms with Gasteiger partial charge >= 0.3 is 0 Å². The summed E-state index contributed by atoms with van der Waals surface area (Å²) in [5.41, 5.74) is 8.03. The van der Waals surface area contributed by atoms with E-state index in [0.717, 1.165) is 5.56 Å². The highest BCUT2D eigenvalue weighted by molar-refractivity contribution is 5.92. The van der Waals surface area contributed by atoms with Crippen LogP contribution in [0.15, 0.2) is 36.7 Å². The fourth-order valence-electron chi connectivity index (χ4n) is 1.84. The summed E-state index contributed by atoms with van der Waals surface area (Å²) in [6.07, 6.45) is 2.84. The SMILES string of the molecule is Cc1cccc(CN(C)C(=O)c2cncc(N)n2)c1. The fourth-order valence-corrected chi connectivity index (χ4v) is 1.84. The van der Waals surface area contributed by atoms with Crippen LogP contribution in [0, 0.1) is 6.92 Å². The van der Waals surface area contributed by atoms with Crippen molar-refractivity contribution in [2.24, 2.45) is 0 Å². The molecule has 5 heteroatoms. The van der Waals surface area contributed by atoms with E-state index in [0.29, 0.717) is 6.54 Å². The summed E-state index contributed by atoms with van der Waals surface area (Å²) in [6.45, 7) is 2.55. The van der Waals surface area contributed by atoms with Crippen molar-refractivity contribution in [3.05, 3.63) is 53.5 Å². The van der Waals surface area contributed by atoms with Crippen LogP contribution in [0.1, 0.15) is 21.6 Å². The molecule has 0 saturated carbocycles. The maximum atomic E-state index is 12.2. The van der Waals surface area contributed by atoms with Gasteiger partial charge in [0.05, 0.1) is 12.4 Å². The second kappa shape index (κ2) is 5.48. The van der Waals surface area contributed by atoms with Crippen LogP contribution < -0.4 is 5.73 Å². The molecule has 2 N–H and O–H groups in total. The Bertz CT molecular complexity index is 598. The zero-order valence-corrected chi connectivity index (χ0v) is 11.0. The molecule has 0 bridgehead atoms. The van der Waals surface area contributed by atoms with Gasteiger partial charge in [-0.3, -0.25) is 9.78 Å². The first-order valence-electron chi connectivity index (χ1n) is 5.95. The molecular formula is C14H16N4O. The maximum absolute atomic E-state index is 12.2. The summed E-state index contributed by atoms with van der Waals surface area (Å²) < 4.78 is 0. The third-order valence-electron chi connectivity index (χ3n) is 2.72. The van der Waals surface area contributed by atoms with Crippen LogP contribution in [0.5, 0.6) is 0 Å². The van der Waals surface area contributed by atoms with Crippen molar-refractivity contribution in [2.45, 2.75) is 13.5 Å². The van der Waals surface area contributed by atoms with Gasteiger partial charge in [-0.1, -0.05) is 29.8 Å². The standard InChI is InChI=1S/C14H16N4O/c1-10-4-3-5-11(6-10)9-18(2)14(19)12-7-16-8-13(15)17-12/h3-8H,9H2,1-2H3,(H2,15,17). The molecule has 0 radical (unpaired) electrons. The molecule has 0 aliphatic heterocycles. The number of anilines is 1. The molecule has 1 aromatic heterocycles. The van der Waals surface area contributed by atoms with Gasteiger partial charge in [0.2, 0.25) is 0 Å². The van der Waals surface area contributed by atoms with Crippen LogP contribution in [0.3, 0.4) is 0 Å². The third kappa shape index (κ3) is 3.28. The minimum absolute atomic E-state index is 0.193. The molecule has 5 nitrogen and oxygen atoms in total. The molecule has 0 unspecified atom stereocenters. The molecule has 0 fully saturated rings. The average Bonchev–Trinajstić information content (AvgIpc) is 2.38. The van der Waals surface area contributed by atoms with E-state index in [1.54, 1.807) is 11.9 Å². The number of nitrogens with two attached hydrogens (primary N) is 1. The van der Waals surface area contributed by atoms with Crippen molar-refractivity contribution < 1.29 is 4.79 Å². The van der Waals surface area contributed by atoms with E-state index in [-0.39, 0.29) is 17.4 Å². The Morgan fingerprint density at radius 3 is 2.84 bits per heavy atom. The third-order valence-corrected chi connectivity index (χ3v) is 2.72. The molecular weight excluding hydrogens is 240 g/mol. The molecule has 0 aliphatic carbocycles. The molecule has 2 rings (SSSR count). The number of nitrogen functional groups attached to an aromatic ring is 1. The molecule has 0 aliphatic rings. The molecule has 0 atom stereocenters. The molecule has 1 amide bonds. The number of carbonyl (C=O) groups is 1. The number of amides is 1. The van der Waals surface area contributed by atoms with Crippen molar-refractivity contribution in [1.29, 1.82) is 0 Å². The molecule has 19 heavy (non-hydrogen) atoms. The average molecular weight is 256 g/mol. The van der Waals surface area contributed by atoms with E-state index >= 15 is 0 Å². The zero-order chi connectivity index (χ0) is 13.8. The van der Waals surface area contributed by atoms with Crippen LogP contribution in [-0.2, 0) is 6.54 Å². The Morgan fingerprint density at radius 2 is 2.16 bits per heavy atom. The summed E-state index contributed by atoms with van der Waals surface area (Å²) in [5.74, 6) is 0.0520. The highest BCUT2D eigenvalue weighted by Crippen LogP contribution is 2.09. The van der Waals surface area contributed by atoms with E-state index in [1.807, 2.05) is 25.1 Å². The second-order valence-electron chi connectivity index (χ2n) is 4.48. The van der Waals surface area contributed by atoms with Gasteiger partial charge in [-0.25, -0.2) is 4.98 Å². The van der Waals surface area contributed by atoms with Gasteiger partial charge < -0.3 is 10.6 Å². The fraction of sp³-hybridized carbons (Fsp3) is 0.214. The molecule has 0 spiro atoms. The first kappa shape index (κ1) is 13.0. The number of aromatic nitrogens is 2. The van der Waals surface area contributed by atoms with E-state index in [4.69, 9.17) is 5.73 Å². The molecule has 1 heterocycles. The van der Waals surface area contributed by atoms with Crippen LogP contribution in [0.2, 0.25) is 0 Å². The Kier molecular flexibility index (Phi) is 3.75.